The molecule has 28 heavy (non-hydrogen) atoms. The number of aromatic nitrogens is 2. The highest BCUT2D eigenvalue weighted by atomic mass is 32.2. The van der Waals surface area contributed by atoms with Crippen molar-refractivity contribution >= 4 is 26.6 Å². The molecule has 0 fully saturated rings. The van der Waals surface area contributed by atoms with E-state index in [0.29, 0.717) is 35.2 Å². The Bertz CT molecular complexity index is 1110. The van der Waals surface area contributed by atoms with Gasteiger partial charge >= 0.3 is 0 Å². The van der Waals surface area contributed by atoms with E-state index in [2.05, 4.69) is 15.3 Å². The van der Waals surface area contributed by atoms with Crippen molar-refractivity contribution in [1.29, 1.82) is 0 Å². The van der Waals surface area contributed by atoms with Gasteiger partial charge in [-0.25, -0.2) is 27.2 Å². The maximum Gasteiger partial charge on any atom is 0.175 e. The summed E-state index contributed by atoms with van der Waals surface area (Å²) in [4.78, 5) is 8.44. The van der Waals surface area contributed by atoms with E-state index in [4.69, 9.17) is 0 Å². The normalized spacial score (nSPS) is 12.9. The van der Waals surface area contributed by atoms with Gasteiger partial charge in [-0.3, -0.25) is 0 Å². The van der Waals surface area contributed by atoms with Gasteiger partial charge in [-0.05, 0) is 42.3 Å². The van der Waals surface area contributed by atoms with Gasteiger partial charge in [-0.2, -0.15) is 0 Å². The first-order valence-electron chi connectivity index (χ1n) is 8.51. The van der Waals surface area contributed by atoms with Crippen LogP contribution in [0.25, 0.3) is 10.9 Å². The highest BCUT2D eigenvalue weighted by molar-refractivity contribution is 7.90. The smallest absolute Gasteiger partial charge is 0.175 e. The minimum Gasteiger partial charge on any atom is -0.396 e. The molecule has 148 valence electrons. The summed E-state index contributed by atoms with van der Waals surface area (Å²) in [5, 5.41) is 13.3. The zero-order chi connectivity index (χ0) is 20.3. The first kappa shape index (κ1) is 20.1. The lowest BCUT2D eigenvalue weighted by Crippen LogP contribution is -2.21. The fourth-order valence-electron chi connectivity index (χ4n) is 2.85. The molecule has 0 amide bonds. The van der Waals surface area contributed by atoms with Crippen molar-refractivity contribution in [2.45, 2.75) is 11.3 Å². The molecule has 6 nitrogen and oxygen atoms in total. The first-order valence-corrected chi connectivity index (χ1v) is 10.4. The molecule has 0 aliphatic carbocycles. The number of hydrogen-bond acceptors (Lipinski definition) is 6. The maximum absolute atomic E-state index is 13.4. The molecular weight excluding hydrogens is 388 g/mol. The van der Waals surface area contributed by atoms with Crippen LogP contribution in [0.15, 0.2) is 47.6 Å². The molecule has 3 aromatic rings. The minimum absolute atomic E-state index is 0.151. The zero-order valence-corrected chi connectivity index (χ0v) is 15.9. The maximum atomic E-state index is 13.4. The van der Waals surface area contributed by atoms with Crippen molar-refractivity contribution in [3.63, 3.8) is 0 Å². The topological polar surface area (TPSA) is 92.2 Å². The Morgan fingerprint density at radius 1 is 1.11 bits per heavy atom. The number of nitrogens with zero attached hydrogens (tertiary/aromatic N) is 2. The van der Waals surface area contributed by atoms with E-state index < -0.39 is 21.5 Å². The third-order valence-corrected chi connectivity index (χ3v) is 5.47. The van der Waals surface area contributed by atoms with Crippen LogP contribution in [0.5, 0.6) is 0 Å². The van der Waals surface area contributed by atoms with Crippen LogP contribution < -0.4 is 5.32 Å². The number of hydrogen-bond donors (Lipinski definition) is 2. The Hall–Kier alpha value is -2.65. The standard InChI is InChI=1S/C19H19F2N3O3S/c1-28(26,27)14-3-5-18-15(8-14)19(24-11-23-18)22-9-13(10-25)6-12-2-4-16(20)17(21)7-12/h2-5,7-8,11,13,25H,6,9-10H2,1H3,(H,22,23,24). The van der Waals surface area contributed by atoms with Gasteiger partial charge in [-0.1, -0.05) is 6.07 Å². The Balaban J connectivity index is 1.80. The number of nitrogens with one attached hydrogen (secondary N) is 1. The summed E-state index contributed by atoms with van der Waals surface area (Å²) in [5.74, 6) is -1.71. The number of anilines is 1. The molecule has 1 atom stereocenters. The molecule has 9 heteroatoms. The lowest BCUT2D eigenvalue weighted by Gasteiger charge is -2.16. The van der Waals surface area contributed by atoms with E-state index in [1.54, 1.807) is 6.07 Å². The summed E-state index contributed by atoms with van der Waals surface area (Å²) < 4.78 is 50.0. The fraction of sp³-hybridized carbons (Fsp3) is 0.263. The summed E-state index contributed by atoms with van der Waals surface area (Å²) in [6.07, 6.45) is 2.81. The Morgan fingerprint density at radius 3 is 2.57 bits per heavy atom. The number of halogens is 2. The molecule has 2 aromatic carbocycles. The van der Waals surface area contributed by atoms with Gasteiger partial charge < -0.3 is 10.4 Å². The highest BCUT2D eigenvalue weighted by Crippen LogP contribution is 2.23. The Kier molecular flexibility index (Phi) is 5.85. The van der Waals surface area contributed by atoms with E-state index in [9.17, 15) is 22.3 Å². The van der Waals surface area contributed by atoms with E-state index in [1.165, 1.54) is 24.5 Å². The Labute approximate surface area is 161 Å². The van der Waals surface area contributed by atoms with Crippen LogP contribution in [0.3, 0.4) is 0 Å². The Morgan fingerprint density at radius 2 is 1.89 bits per heavy atom. The number of sulfone groups is 1. The van der Waals surface area contributed by atoms with Crippen LogP contribution in [0.4, 0.5) is 14.6 Å². The molecule has 1 unspecified atom stereocenters. The van der Waals surface area contributed by atoms with Crippen LogP contribution in [0.1, 0.15) is 5.56 Å². The second kappa shape index (κ2) is 8.15. The number of aliphatic hydroxyl groups is 1. The largest absolute Gasteiger partial charge is 0.396 e. The molecule has 2 N–H and O–H groups in total. The molecule has 0 spiro atoms. The van der Waals surface area contributed by atoms with Crippen molar-refractivity contribution in [3.05, 3.63) is 59.9 Å². The SMILES string of the molecule is CS(=O)(=O)c1ccc2ncnc(NCC(CO)Cc3ccc(F)c(F)c3)c2c1. The number of benzene rings is 2. The van der Waals surface area contributed by atoms with Gasteiger partial charge in [-0.15, -0.1) is 0 Å². The van der Waals surface area contributed by atoms with E-state index in [1.807, 2.05) is 0 Å². The van der Waals surface area contributed by atoms with Crippen LogP contribution in [-0.4, -0.2) is 42.9 Å². The van der Waals surface area contributed by atoms with E-state index in [0.717, 1.165) is 18.4 Å². The lowest BCUT2D eigenvalue weighted by atomic mass is 10.00. The fourth-order valence-corrected chi connectivity index (χ4v) is 3.50. The third kappa shape index (κ3) is 4.60. The summed E-state index contributed by atoms with van der Waals surface area (Å²) >= 11 is 0. The van der Waals surface area contributed by atoms with Crippen LogP contribution in [0.2, 0.25) is 0 Å². The van der Waals surface area contributed by atoms with Crippen LogP contribution in [0, 0.1) is 17.6 Å². The van der Waals surface area contributed by atoms with Gasteiger partial charge in [0.1, 0.15) is 12.1 Å². The molecule has 3 rings (SSSR count). The summed E-state index contributed by atoms with van der Waals surface area (Å²) in [6, 6.07) is 8.21. The van der Waals surface area contributed by atoms with Gasteiger partial charge in [0, 0.05) is 30.7 Å². The van der Waals surface area contributed by atoms with E-state index in [-0.39, 0.29) is 17.4 Å². The van der Waals surface area contributed by atoms with Gasteiger partial charge in [0.05, 0.1) is 10.4 Å². The molecule has 1 aromatic heterocycles. The van der Waals surface area contributed by atoms with Crippen molar-refractivity contribution in [3.8, 4) is 0 Å². The second-order valence-corrected chi connectivity index (χ2v) is 8.57. The van der Waals surface area contributed by atoms with Gasteiger partial charge in [0.25, 0.3) is 0 Å². The molecule has 0 saturated carbocycles. The minimum atomic E-state index is -3.38. The zero-order valence-electron chi connectivity index (χ0n) is 15.1. The second-order valence-electron chi connectivity index (χ2n) is 6.56. The van der Waals surface area contributed by atoms with Crippen LogP contribution >= 0.6 is 0 Å². The summed E-state index contributed by atoms with van der Waals surface area (Å²) in [7, 11) is -3.38. The summed E-state index contributed by atoms with van der Waals surface area (Å²) in [5.41, 5.74) is 1.14. The van der Waals surface area contributed by atoms with Crippen molar-refractivity contribution in [1.82, 2.24) is 9.97 Å². The molecular formula is C19H19F2N3O3S. The predicted molar refractivity (Wildman–Crippen MR) is 102 cm³/mol. The predicted octanol–water partition coefficient (Wildman–Crippen LogP) is 2.57. The third-order valence-electron chi connectivity index (χ3n) is 4.36. The molecule has 0 radical (unpaired) electrons. The average molecular weight is 407 g/mol. The summed E-state index contributed by atoms with van der Waals surface area (Å²) in [6.45, 7) is 0.119. The monoisotopic (exact) mass is 407 g/mol. The van der Waals surface area contributed by atoms with Crippen molar-refractivity contribution in [2.24, 2.45) is 5.92 Å². The van der Waals surface area contributed by atoms with Crippen LogP contribution in [-0.2, 0) is 16.3 Å². The molecule has 1 heterocycles. The number of aliphatic hydroxyl groups excluding tert-OH is 1. The lowest BCUT2D eigenvalue weighted by molar-refractivity contribution is 0.232. The molecule has 0 saturated heterocycles. The molecule has 0 aliphatic rings. The number of fused-ring (bicyclic) bond motifs is 1. The molecule has 0 bridgehead atoms. The van der Waals surface area contributed by atoms with Gasteiger partial charge in [0.2, 0.25) is 0 Å². The quantitative estimate of drug-likeness (QED) is 0.626. The number of rotatable bonds is 7. The van der Waals surface area contributed by atoms with Crippen molar-refractivity contribution in [2.75, 3.05) is 24.7 Å². The first-order chi connectivity index (χ1) is 13.3. The van der Waals surface area contributed by atoms with E-state index >= 15 is 0 Å². The van der Waals surface area contributed by atoms with Gasteiger partial charge in [0.15, 0.2) is 21.5 Å². The van der Waals surface area contributed by atoms with Crippen molar-refractivity contribution < 1.29 is 22.3 Å². The molecule has 0 aliphatic heterocycles. The highest BCUT2D eigenvalue weighted by Gasteiger charge is 2.14. The average Bonchev–Trinajstić information content (AvgIpc) is 2.66.